The minimum absolute atomic E-state index is 0.0216. The van der Waals surface area contributed by atoms with Gasteiger partial charge in [-0.25, -0.2) is 21.9 Å². The molecule has 138 valence electrons. The Balaban J connectivity index is 1.81. The maximum atomic E-state index is 13.7. The van der Waals surface area contributed by atoms with Gasteiger partial charge in [-0.3, -0.25) is 4.79 Å². The van der Waals surface area contributed by atoms with Crippen LogP contribution < -0.4 is 5.32 Å². The summed E-state index contributed by atoms with van der Waals surface area (Å²) >= 11 is 0. The molecule has 1 saturated heterocycles. The van der Waals surface area contributed by atoms with Gasteiger partial charge in [-0.05, 0) is 31.0 Å². The van der Waals surface area contributed by atoms with E-state index >= 15 is 0 Å². The molecule has 0 spiro atoms. The van der Waals surface area contributed by atoms with Crippen molar-refractivity contribution >= 4 is 21.6 Å². The Kier molecular flexibility index (Phi) is 3.87. The second-order valence-electron chi connectivity index (χ2n) is 6.83. The van der Waals surface area contributed by atoms with Gasteiger partial charge in [-0.1, -0.05) is 6.07 Å². The normalized spacial score (nSPS) is 24.3. The number of aryl methyl sites for hydroxylation is 1. The number of rotatable bonds is 2. The van der Waals surface area contributed by atoms with Crippen LogP contribution in [0.2, 0.25) is 0 Å². The largest absolute Gasteiger partial charge is 0.311 e. The van der Waals surface area contributed by atoms with E-state index in [0.717, 1.165) is 17.7 Å². The summed E-state index contributed by atoms with van der Waals surface area (Å²) in [6, 6.07) is 3.26. The van der Waals surface area contributed by atoms with Crippen LogP contribution in [0.1, 0.15) is 41.6 Å². The van der Waals surface area contributed by atoms with Gasteiger partial charge in [-0.2, -0.15) is 5.10 Å². The molecule has 9 heteroatoms. The molecule has 0 bridgehead atoms. The van der Waals surface area contributed by atoms with Crippen LogP contribution in [0.4, 0.5) is 14.6 Å². The molecule has 0 radical (unpaired) electrons. The lowest BCUT2D eigenvalue weighted by Crippen LogP contribution is -2.26. The zero-order valence-corrected chi connectivity index (χ0v) is 14.8. The van der Waals surface area contributed by atoms with Gasteiger partial charge < -0.3 is 5.32 Å². The standard InChI is InChI=1S/C17H17F2N3O3S/c1-9-16-12(10-2-3-13(18)14(19)6-10)7-15(23)20-17(16)22(21-9)11-4-5-26(24,25)8-11/h2-3,6,11-12H,4-5,7-8H2,1H3,(H,20,23)/t11-,12+/m1/s1. The topological polar surface area (TPSA) is 81.1 Å². The molecule has 4 rings (SSSR count). The highest BCUT2D eigenvalue weighted by atomic mass is 32.2. The quantitative estimate of drug-likeness (QED) is 0.866. The van der Waals surface area contributed by atoms with E-state index in [-0.39, 0.29) is 29.9 Å². The molecule has 1 amide bonds. The third kappa shape index (κ3) is 2.80. The summed E-state index contributed by atoms with van der Waals surface area (Å²) in [5.41, 5.74) is 1.85. The summed E-state index contributed by atoms with van der Waals surface area (Å²) in [4.78, 5) is 12.2. The summed E-state index contributed by atoms with van der Waals surface area (Å²) in [6.07, 6.45) is 0.523. The predicted octanol–water partition coefficient (Wildman–Crippen LogP) is 2.30. The summed E-state index contributed by atoms with van der Waals surface area (Å²) in [5.74, 6) is -2.12. The highest BCUT2D eigenvalue weighted by Gasteiger charge is 2.37. The minimum atomic E-state index is -3.12. The Morgan fingerprint density at radius 3 is 2.69 bits per heavy atom. The molecular weight excluding hydrogens is 364 g/mol. The van der Waals surface area contributed by atoms with E-state index in [1.165, 1.54) is 6.07 Å². The molecule has 1 N–H and O–H groups in total. The molecule has 2 aromatic rings. The molecule has 0 aliphatic carbocycles. The molecule has 0 saturated carbocycles. The number of hydrogen-bond acceptors (Lipinski definition) is 4. The number of carbonyl (C=O) groups is 1. The molecule has 1 fully saturated rings. The molecule has 2 aliphatic rings. The number of aromatic nitrogens is 2. The van der Waals surface area contributed by atoms with Crippen LogP contribution in [-0.4, -0.2) is 35.6 Å². The molecule has 26 heavy (non-hydrogen) atoms. The Morgan fingerprint density at radius 1 is 1.27 bits per heavy atom. The summed E-state index contributed by atoms with van der Waals surface area (Å²) in [5, 5.41) is 7.24. The van der Waals surface area contributed by atoms with Crippen molar-refractivity contribution in [3.8, 4) is 0 Å². The number of carbonyl (C=O) groups excluding carboxylic acids is 1. The Labute approximate surface area is 149 Å². The van der Waals surface area contributed by atoms with Crippen molar-refractivity contribution in [1.82, 2.24) is 9.78 Å². The predicted molar refractivity (Wildman–Crippen MR) is 90.7 cm³/mol. The maximum absolute atomic E-state index is 13.7. The van der Waals surface area contributed by atoms with Gasteiger partial charge in [0.05, 0.1) is 23.2 Å². The van der Waals surface area contributed by atoms with E-state index in [2.05, 4.69) is 10.4 Å². The fraction of sp³-hybridized carbons (Fsp3) is 0.412. The highest BCUT2D eigenvalue weighted by Crippen LogP contribution is 2.41. The second-order valence-corrected chi connectivity index (χ2v) is 9.06. The van der Waals surface area contributed by atoms with Gasteiger partial charge in [0.25, 0.3) is 0 Å². The SMILES string of the molecule is Cc1nn([C@@H]2CCS(=O)(=O)C2)c2c1[C@H](c1ccc(F)c(F)c1)CC(=O)N2. The van der Waals surface area contributed by atoms with Crippen molar-refractivity contribution in [2.75, 3.05) is 16.8 Å². The molecular formula is C17H17F2N3O3S. The lowest BCUT2D eigenvalue weighted by atomic mass is 9.85. The second kappa shape index (κ2) is 5.87. The number of fused-ring (bicyclic) bond motifs is 1. The average molecular weight is 381 g/mol. The molecule has 1 aromatic heterocycles. The third-order valence-corrected chi connectivity index (χ3v) is 6.78. The van der Waals surface area contributed by atoms with Crippen LogP contribution in [0.3, 0.4) is 0 Å². The summed E-state index contributed by atoms with van der Waals surface area (Å²) in [7, 11) is -3.12. The fourth-order valence-electron chi connectivity index (χ4n) is 3.82. The first kappa shape index (κ1) is 17.1. The van der Waals surface area contributed by atoms with E-state index in [0.29, 0.717) is 23.5 Å². The Bertz CT molecular complexity index is 1020. The lowest BCUT2D eigenvalue weighted by molar-refractivity contribution is -0.116. The zero-order chi connectivity index (χ0) is 18.6. The minimum Gasteiger partial charge on any atom is -0.311 e. The smallest absolute Gasteiger partial charge is 0.226 e. The van der Waals surface area contributed by atoms with Crippen molar-refractivity contribution in [2.45, 2.75) is 31.7 Å². The monoisotopic (exact) mass is 381 g/mol. The lowest BCUT2D eigenvalue weighted by Gasteiger charge is -2.25. The van der Waals surface area contributed by atoms with Gasteiger partial charge in [-0.15, -0.1) is 0 Å². The van der Waals surface area contributed by atoms with Crippen LogP contribution in [0, 0.1) is 18.6 Å². The van der Waals surface area contributed by atoms with E-state index in [4.69, 9.17) is 0 Å². The summed E-state index contributed by atoms with van der Waals surface area (Å²) < 4.78 is 52.1. The third-order valence-electron chi connectivity index (χ3n) is 5.03. The molecule has 1 aromatic carbocycles. The van der Waals surface area contributed by atoms with Crippen LogP contribution in [0.25, 0.3) is 0 Å². The zero-order valence-electron chi connectivity index (χ0n) is 14.0. The number of hydrogen-bond donors (Lipinski definition) is 1. The van der Waals surface area contributed by atoms with Crippen molar-refractivity contribution in [3.63, 3.8) is 0 Å². The molecule has 3 heterocycles. The molecule has 2 atom stereocenters. The first-order valence-corrected chi connectivity index (χ1v) is 10.1. The first-order chi connectivity index (χ1) is 12.2. The highest BCUT2D eigenvalue weighted by molar-refractivity contribution is 7.91. The van der Waals surface area contributed by atoms with Gasteiger partial charge >= 0.3 is 0 Å². The van der Waals surface area contributed by atoms with Gasteiger partial charge in [0.2, 0.25) is 5.91 Å². The number of nitrogens with zero attached hydrogens (tertiary/aromatic N) is 2. The van der Waals surface area contributed by atoms with Crippen LogP contribution in [0.15, 0.2) is 18.2 Å². The molecule has 2 aliphatic heterocycles. The van der Waals surface area contributed by atoms with E-state index < -0.39 is 27.4 Å². The number of benzene rings is 1. The number of nitrogens with one attached hydrogen (secondary N) is 1. The number of amides is 1. The molecule has 0 unspecified atom stereocenters. The number of anilines is 1. The van der Waals surface area contributed by atoms with E-state index in [1.807, 2.05) is 0 Å². The van der Waals surface area contributed by atoms with Crippen molar-refractivity contribution in [3.05, 3.63) is 46.7 Å². The van der Waals surface area contributed by atoms with Crippen LogP contribution >= 0.6 is 0 Å². The van der Waals surface area contributed by atoms with Crippen LogP contribution in [-0.2, 0) is 14.6 Å². The maximum Gasteiger partial charge on any atom is 0.226 e. The average Bonchev–Trinajstić information content (AvgIpc) is 3.09. The van der Waals surface area contributed by atoms with Crippen LogP contribution in [0.5, 0.6) is 0 Å². The van der Waals surface area contributed by atoms with Crippen molar-refractivity contribution in [2.24, 2.45) is 0 Å². The number of halogens is 2. The van der Waals surface area contributed by atoms with E-state index in [1.54, 1.807) is 11.6 Å². The van der Waals surface area contributed by atoms with Crippen molar-refractivity contribution < 1.29 is 22.0 Å². The van der Waals surface area contributed by atoms with Gasteiger partial charge in [0, 0.05) is 17.9 Å². The Morgan fingerprint density at radius 2 is 2.04 bits per heavy atom. The Hall–Kier alpha value is -2.29. The number of sulfone groups is 1. The van der Waals surface area contributed by atoms with E-state index in [9.17, 15) is 22.0 Å². The first-order valence-electron chi connectivity index (χ1n) is 8.29. The fourth-order valence-corrected chi connectivity index (χ4v) is 5.51. The van der Waals surface area contributed by atoms with Crippen molar-refractivity contribution in [1.29, 1.82) is 0 Å². The van der Waals surface area contributed by atoms with Gasteiger partial charge in [0.1, 0.15) is 5.82 Å². The molecule has 6 nitrogen and oxygen atoms in total. The summed E-state index contributed by atoms with van der Waals surface area (Å²) in [6.45, 7) is 1.77. The van der Waals surface area contributed by atoms with Gasteiger partial charge in [0.15, 0.2) is 21.5 Å².